The van der Waals surface area contributed by atoms with Crippen LogP contribution < -0.4 is 5.32 Å². The van der Waals surface area contributed by atoms with E-state index < -0.39 is 11.8 Å². The molecule has 3 amide bonds. The van der Waals surface area contributed by atoms with E-state index in [1.807, 2.05) is 36.9 Å². The van der Waals surface area contributed by atoms with E-state index >= 15 is 0 Å². The summed E-state index contributed by atoms with van der Waals surface area (Å²) in [6, 6.07) is 7.48. The summed E-state index contributed by atoms with van der Waals surface area (Å²) in [6.45, 7) is 7.52. The zero-order valence-corrected chi connectivity index (χ0v) is 18.7. The van der Waals surface area contributed by atoms with Crippen LogP contribution in [0, 0.1) is 11.7 Å². The van der Waals surface area contributed by atoms with Gasteiger partial charge in [-0.25, -0.2) is 9.18 Å². The largest absolute Gasteiger partial charge is 0.353 e. The average molecular weight is 437 g/mol. The lowest BCUT2D eigenvalue weighted by atomic mass is 10.2. The van der Waals surface area contributed by atoms with E-state index in [1.165, 1.54) is 23.1 Å². The number of hydrogen-bond donors (Lipinski definition) is 1. The maximum Gasteiger partial charge on any atom is 0.322 e. The van der Waals surface area contributed by atoms with Crippen molar-refractivity contribution in [1.82, 2.24) is 14.4 Å². The minimum atomic E-state index is -0.555. The molecule has 0 unspecified atom stereocenters. The average Bonchev–Trinajstić information content (AvgIpc) is 3.08. The van der Waals surface area contributed by atoms with Gasteiger partial charge in [-0.2, -0.15) is 0 Å². The molecule has 0 atom stereocenters. The Morgan fingerprint density at radius 3 is 2.53 bits per heavy atom. The minimum absolute atomic E-state index is 0.0360. The summed E-state index contributed by atoms with van der Waals surface area (Å²) in [7, 11) is 1.94. The number of urea groups is 1. The lowest BCUT2D eigenvalue weighted by molar-refractivity contribution is -0.133. The van der Waals surface area contributed by atoms with Gasteiger partial charge in [0.05, 0.1) is 11.6 Å². The first-order valence-electron chi connectivity index (χ1n) is 10.1. The summed E-state index contributed by atoms with van der Waals surface area (Å²) in [6.07, 6.45) is 2.64. The lowest BCUT2D eigenvalue weighted by Gasteiger charge is -2.29. The van der Waals surface area contributed by atoms with Crippen LogP contribution >= 0.6 is 11.6 Å². The Labute approximate surface area is 182 Å². The number of nitrogens with zero attached hydrogens (tertiary/aromatic N) is 3. The fraction of sp³-hybridized carbons (Fsp3) is 0.455. The number of rotatable bonds is 9. The van der Waals surface area contributed by atoms with Crippen LogP contribution in [-0.4, -0.2) is 45.9 Å². The van der Waals surface area contributed by atoms with Gasteiger partial charge in [0.15, 0.2) is 0 Å². The van der Waals surface area contributed by atoms with E-state index in [0.717, 1.165) is 5.69 Å². The number of aryl methyl sites for hydroxylation is 1. The van der Waals surface area contributed by atoms with Crippen molar-refractivity contribution in [3.63, 3.8) is 0 Å². The predicted octanol–water partition coefficient (Wildman–Crippen LogP) is 4.75. The maximum atomic E-state index is 13.4. The number of amides is 3. The van der Waals surface area contributed by atoms with Gasteiger partial charge in [0, 0.05) is 37.7 Å². The predicted molar refractivity (Wildman–Crippen MR) is 118 cm³/mol. The smallest absolute Gasteiger partial charge is 0.322 e. The molecule has 0 bridgehead atoms. The number of benzene rings is 1. The highest BCUT2D eigenvalue weighted by Gasteiger charge is 2.22. The normalized spacial score (nSPS) is 10.9. The minimum Gasteiger partial charge on any atom is -0.353 e. The van der Waals surface area contributed by atoms with Gasteiger partial charge in [-0.05, 0) is 42.7 Å². The van der Waals surface area contributed by atoms with Crippen molar-refractivity contribution in [3.05, 3.63) is 53.1 Å². The Hall–Kier alpha value is -2.54. The van der Waals surface area contributed by atoms with Crippen LogP contribution in [0.4, 0.5) is 14.9 Å². The van der Waals surface area contributed by atoms with Crippen LogP contribution in [0.15, 0.2) is 36.5 Å². The van der Waals surface area contributed by atoms with Crippen molar-refractivity contribution in [1.29, 1.82) is 0 Å². The molecule has 0 saturated heterocycles. The lowest BCUT2D eigenvalue weighted by Crippen LogP contribution is -2.45. The van der Waals surface area contributed by atoms with Crippen molar-refractivity contribution in [2.75, 3.05) is 25.0 Å². The van der Waals surface area contributed by atoms with Crippen LogP contribution in [0.25, 0.3) is 0 Å². The molecule has 1 aromatic carbocycles. The second-order valence-corrected chi connectivity index (χ2v) is 8.17. The molecule has 0 aliphatic rings. The number of carbonyl (C=O) groups is 2. The standard InChI is InChI=1S/C22H30ClFN4O2/c1-5-10-27(22(30)25-17-8-9-20(24)19(23)12-17)15-21(29)28(13-16(2)3)14-18-7-6-11-26(18)4/h6-9,11-12,16H,5,10,13-15H2,1-4H3,(H,25,30). The molecule has 2 rings (SSSR count). The van der Waals surface area contributed by atoms with E-state index in [9.17, 15) is 14.0 Å². The fourth-order valence-corrected chi connectivity index (χ4v) is 3.29. The number of nitrogens with one attached hydrogen (secondary N) is 1. The highest BCUT2D eigenvalue weighted by Crippen LogP contribution is 2.20. The van der Waals surface area contributed by atoms with Gasteiger partial charge in [-0.15, -0.1) is 0 Å². The third kappa shape index (κ3) is 6.76. The fourth-order valence-electron chi connectivity index (χ4n) is 3.11. The highest BCUT2D eigenvalue weighted by atomic mass is 35.5. The Bertz CT molecular complexity index is 869. The third-order valence-electron chi connectivity index (χ3n) is 4.62. The first kappa shape index (κ1) is 23.7. The van der Waals surface area contributed by atoms with Crippen LogP contribution in [-0.2, 0) is 18.4 Å². The molecule has 30 heavy (non-hydrogen) atoms. The molecule has 0 aliphatic carbocycles. The number of carbonyl (C=O) groups excluding carboxylic acids is 2. The van der Waals surface area contributed by atoms with E-state index in [1.54, 1.807) is 4.90 Å². The first-order valence-corrected chi connectivity index (χ1v) is 10.5. The van der Waals surface area contributed by atoms with Crippen molar-refractivity contribution in [3.8, 4) is 0 Å². The van der Waals surface area contributed by atoms with Crippen molar-refractivity contribution in [2.24, 2.45) is 13.0 Å². The van der Waals surface area contributed by atoms with Gasteiger partial charge < -0.3 is 19.7 Å². The molecule has 0 fully saturated rings. The van der Waals surface area contributed by atoms with E-state index in [4.69, 9.17) is 11.6 Å². The Balaban J connectivity index is 2.10. The first-order chi connectivity index (χ1) is 14.2. The summed E-state index contributed by atoms with van der Waals surface area (Å²) in [4.78, 5) is 29.1. The summed E-state index contributed by atoms with van der Waals surface area (Å²) in [5, 5.41) is 2.62. The molecule has 0 radical (unpaired) electrons. The maximum absolute atomic E-state index is 13.4. The number of anilines is 1. The molecule has 0 aliphatic heterocycles. The molecule has 0 saturated carbocycles. The van der Waals surface area contributed by atoms with Gasteiger partial charge in [0.1, 0.15) is 12.4 Å². The summed E-state index contributed by atoms with van der Waals surface area (Å²) < 4.78 is 15.3. The van der Waals surface area contributed by atoms with Crippen molar-refractivity contribution >= 4 is 29.2 Å². The molecule has 6 nitrogen and oxygen atoms in total. The molecule has 1 N–H and O–H groups in total. The topological polar surface area (TPSA) is 57.6 Å². The monoisotopic (exact) mass is 436 g/mol. The van der Waals surface area contributed by atoms with Gasteiger partial charge in [-0.3, -0.25) is 4.79 Å². The van der Waals surface area contributed by atoms with Gasteiger partial charge in [0.25, 0.3) is 0 Å². The SMILES string of the molecule is CCCN(CC(=O)N(Cc1cccn1C)CC(C)C)C(=O)Nc1ccc(F)c(Cl)c1. The summed E-state index contributed by atoms with van der Waals surface area (Å²) >= 11 is 5.79. The van der Waals surface area contributed by atoms with Gasteiger partial charge in [-0.1, -0.05) is 32.4 Å². The van der Waals surface area contributed by atoms with E-state index in [-0.39, 0.29) is 17.5 Å². The molecule has 1 heterocycles. The zero-order chi connectivity index (χ0) is 22.3. The Morgan fingerprint density at radius 1 is 1.23 bits per heavy atom. The van der Waals surface area contributed by atoms with E-state index in [2.05, 4.69) is 19.2 Å². The van der Waals surface area contributed by atoms with Crippen LogP contribution in [0.2, 0.25) is 5.02 Å². The molecule has 1 aromatic heterocycles. The molecule has 8 heteroatoms. The van der Waals surface area contributed by atoms with Gasteiger partial charge in [0.2, 0.25) is 5.91 Å². The highest BCUT2D eigenvalue weighted by molar-refractivity contribution is 6.31. The summed E-state index contributed by atoms with van der Waals surface area (Å²) in [5.41, 5.74) is 1.40. The van der Waals surface area contributed by atoms with Gasteiger partial charge >= 0.3 is 6.03 Å². The number of hydrogen-bond acceptors (Lipinski definition) is 2. The quantitative estimate of drug-likeness (QED) is 0.616. The Kier molecular flexibility index (Phi) is 8.72. The molecule has 164 valence electrons. The molecular weight excluding hydrogens is 407 g/mol. The second-order valence-electron chi connectivity index (χ2n) is 7.76. The van der Waals surface area contributed by atoms with Crippen molar-refractivity contribution < 1.29 is 14.0 Å². The molecule has 0 spiro atoms. The molecule has 2 aromatic rings. The third-order valence-corrected chi connectivity index (χ3v) is 4.91. The number of aromatic nitrogens is 1. The Morgan fingerprint density at radius 2 is 1.97 bits per heavy atom. The van der Waals surface area contributed by atoms with E-state index in [0.29, 0.717) is 37.7 Å². The molecular formula is C22H30ClFN4O2. The van der Waals surface area contributed by atoms with Crippen molar-refractivity contribution in [2.45, 2.75) is 33.7 Å². The van der Waals surface area contributed by atoms with Crippen LogP contribution in [0.1, 0.15) is 32.9 Å². The second kappa shape index (κ2) is 11.0. The van der Waals surface area contributed by atoms with Crippen LogP contribution in [0.5, 0.6) is 0 Å². The summed E-state index contributed by atoms with van der Waals surface area (Å²) in [5.74, 6) is -0.380. The number of halogens is 2. The zero-order valence-electron chi connectivity index (χ0n) is 18.0. The van der Waals surface area contributed by atoms with Crippen LogP contribution in [0.3, 0.4) is 0 Å².